The van der Waals surface area contributed by atoms with Gasteiger partial charge in [-0.05, 0) is 44.7 Å². The highest BCUT2D eigenvalue weighted by molar-refractivity contribution is 7.89. The number of carbonyl (C=O) groups is 2. The predicted molar refractivity (Wildman–Crippen MR) is 136 cm³/mol. The smallest absolute Gasteiger partial charge is 0.323 e. The first-order valence-corrected chi connectivity index (χ1v) is 13.8. The van der Waals surface area contributed by atoms with Gasteiger partial charge in [0.25, 0.3) is 5.91 Å². The van der Waals surface area contributed by atoms with Gasteiger partial charge >= 0.3 is 5.97 Å². The van der Waals surface area contributed by atoms with Crippen molar-refractivity contribution in [2.24, 2.45) is 4.99 Å². The van der Waals surface area contributed by atoms with Gasteiger partial charge in [-0.1, -0.05) is 29.0 Å². The number of carboxylic acids is 1. The third-order valence-corrected chi connectivity index (χ3v) is 8.14. The van der Waals surface area contributed by atoms with E-state index in [2.05, 4.69) is 35.9 Å². The quantitative estimate of drug-likeness (QED) is 0.241. The van der Waals surface area contributed by atoms with E-state index in [0.717, 1.165) is 55.3 Å². The Hall–Kier alpha value is -3.10. The summed E-state index contributed by atoms with van der Waals surface area (Å²) in [6.45, 7) is 7.10. The van der Waals surface area contributed by atoms with Crippen LogP contribution in [0.15, 0.2) is 22.0 Å². The van der Waals surface area contributed by atoms with E-state index < -0.39 is 34.5 Å². The molecule has 0 saturated carbocycles. The zero-order chi connectivity index (χ0) is 26.3. The number of carboxylic acid groups (broad SMARTS) is 1. The molecule has 5 N–H and O–H groups in total. The van der Waals surface area contributed by atoms with Gasteiger partial charge < -0.3 is 21.1 Å². The maximum Gasteiger partial charge on any atom is 0.323 e. The highest BCUT2D eigenvalue weighted by Crippen LogP contribution is 2.22. The number of benzene rings is 1. The number of guanidine groups is 1. The van der Waals surface area contributed by atoms with Crippen LogP contribution in [0.1, 0.15) is 44.3 Å². The summed E-state index contributed by atoms with van der Waals surface area (Å²) in [4.78, 5) is 28.5. The average molecular weight is 538 g/mol. The molecule has 12 nitrogen and oxygen atoms in total. The minimum atomic E-state index is -4.14. The van der Waals surface area contributed by atoms with Gasteiger partial charge in [0.15, 0.2) is 5.96 Å². The summed E-state index contributed by atoms with van der Waals surface area (Å²) in [6.07, 6.45) is 2.39. The molecule has 0 fully saturated rings. The predicted octanol–water partition coefficient (Wildman–Crippen LogP) is 0.496. The number of hydrogen-bond acceptors (Lipinski definition) is 10. The fraction of sp³-hybridized carbons (Fsp3) is 0.500. The zero-order valence-electron chi connectivity index (χ0n) is 20.4. The molecule has 1 aliphatic heterocycles. The number of aliphatic imine (C=N–C) groups is 1. The molecule has 0 saturated heterocycles. The molecule has 2 aromatic rings. The van der Waals surface area contributed by atoms with Crippen molar-refractivity contribution in [1.82, 2.24) is 30.9 Å². The minimum Gasteiger partial charge on any atom is -0.480 e. The average Bonchev–Trinajstić information content (AvgIpc) is 3.47. The van der Waals surface area contributed by atoms with E-state index in [1.165, 1.54) is 0 Å². The van der Waals surface area contributed by atoms with Crippen LogP contribution in [0.4, 0.5) is 0 Å². The highest BCUT2D eigenvalue weighted by Gasteiger charge is 2.28. The molecule has 36 heavy (non-hydrogen) atoms. The minimum absolute atomic E-state index is 0.0298. The van der Waals surface area contributed by atoms with Gasteiger partial charge in [0, 0.05) is 26.1 Å². The summed E-state index contributed by atoms with van der Waals surface area (Å²) >= 11 is 1.12. The second-order valence-corrected chi connectivity index (χ2v) is 11.2. The van der Waals surface area contributed by atoms with Gasteiger partial charge in [-0.15, -0.1) is 10.2 Å². The van der Waals surface area contributed by atoms with Crippen LogP contribution in [0.25, 0.3) is 0 Å². The molecule has 2 heterocycles. The lowest BCUT2D eigenvalue weighted by molar-refractivity contribution is -0.138. The number of amides is 1. The first kappa shape index (κ1) is 27.5. The molecule has 0 aliphatic carbocycles. The molecule has 14 heteroatoms. The lowest BCUT2D eigenvalue weighted by atomic mass is 10.1. The lowest BCUT2D eigenvalue weighted by Gasteiger charge is -2.18. The van der Waals surface area contributed by atoms with Crippen LogP contribution < -0.4 is 20.7 Å². The van der Waals surface area contributed by atoms with E-state index in [4.69, 9.17) is 0 Å². The van der Waals surface area contributed by atoms with Crippen molar-refractivity contribution in [3.05, 3.63) is 38.8 Å². The number of nitrogens with one attached hydrogen (secondary N) is 4. The molecule has 196 valence electrons. The van der Waals surface area contributed by atoms with Crippen LogP contribution in [0.3, 0.4) is 0 Å². The van der Waals surface area contributed by atoms with Crippen LogP contribution in [0.2, 0.25) is 0 Å². The van der Waals surface area contributed by atoms with Gasteiger partial charge in [0.05, 0.1) is 11.4 Å². The van der Waals surface area contributed by atoms with Gasteiger partial charge in [0.1, 0.15) is 11.0 Å². The van der Waals surface area contributed by atoms with Crippen LogP contribution >= 0.6 is 11.3 Å². The summed E-state index contributed by atoms with van der Waals surface area (Å²) < 4.78 is 28.0. The Morgan fingerprint density at radius 3 is 2.53 bits per heavy atom. The van der Waals surface area contributed by atoms with Crippen molar-refractivity contribution in [1.29, 1.82) is 0 Å². The Labute approximate surface area is 214 Å². The van der Waals surface area contributed by atoms with E-state index in [-0.39, 0.29) is 9.90 Å². The Bertz CT molecular complexity index is 1220. The Kier molecular flexibility index (Phi) is 9.34. The summed E-state index contributed by atoms with van der Waals surface area (Å²) in [7, 11) is -4.14. The lowest BCUT2D eigenvalue weighted by Crippen LogP contribution is -2.48. The van der Waals surface area contributed by atoms with Crippen molar-refractivity contribution in [2.45, 2.75) is 51.0 Å². The number of rotatable bonds is 12. The molecule has 1 unspecified atom stereocenters. The van der Waals surface area contributed by atoms with Gasteiger partial charge in [-0.2, -0.15) is 4.72 Å². The molecule has 1 aromatic carbocycles. The second-order valence-electron chi connectivity index (χ2n) is 8.49. The Morgan fingerprint density at radius 2 is 1.89 bits per heavy atom. The molecule has 3 rings (SSSR count). The van der Waals surface area contributed by atoms with Gasteiger partial charge in [0.2, 0.25) is 15.0 Å². The number of aryl methyl sites for hydroxylation is 4. The van der Waals surface area contributed by atoms with E-state index in [9.17, 15) is 23.1 Å². The number of aromatic nitrogens is 2. The van der Waals surface area contributed by atoms with Crippen LogP contribution in [-0.4, -0.2) is 73.8 Å². The summed E-state index contributed by atoms with van der Waals surface area (Å²) in [5.74, 6) is -1.21. The van der Waals surface area contributed by atoms with Crippen LogP contribution in [-0.2, 0) is 21.2 Å². The van der Waals surface area contributed by atoms with Crippen LogP contribution in [0.5, 0.6) is 0 Å². The van der Waals surface area contributed by atoms with E-state index in [1.54, 1.807) is 26.0 Å². The fourth-order valence-corrected chi connectivity index (χ4v) is 6.30. The normalized spacial score (nSPS) is 14.1. The van der Waals surface area contributed by atoms with E-state index >= 15 is 0 Å². The number of aliphatic carboxylic acids is 1. The maximum absolute atomic E-state index is 12.9. The molecule has 1 aliphatic rings. The van der Waals surface area contributed by atoms with Crippen molar-refractivity contribution in [3.8, 4) is 0 Å². The Balaban J connectivity index is 1.51. The molecular weight excluding hydrogens is 506 g/mol. The monoisotopic (exact) mass is 537 g/mol. The van der Waals surface area contributed by atoms with Crippen molar-refractivity contribution in [3.63, 3.8) is 0 Å². The number of hydrogen-bond donors (Lipinski definition) is 5. The van der Waals surface area contributed by atoms with E-state index in [0.29, 0.717) is 22.6 Å². The highest BCUT2D eigenvalue weighted by atomic mass is 32.2. The van der Waals surface area contributed by atoms with Crippen molar-refractivity contribution in [2.75, 3.05) is 26.2 Å². The fourth-order valence-electron chi connectivity index (χ4n) is 3.86. The van der Waals surface area contributed by atoms with E-state index in [1.807, 2.05) is 6.92 Å². The van der Waals surface area contributed by atoms with Gasteiger partial charge in [-0.25, -0.2) is 8.42 Å². The topological polar surface area (TPSA) is 175 Å². The number of nitrogens with zero attached hydrogens (tertiary/aromatic N) is 3. The maximum atomic E-state index is 12.9. The molecular formula is C22H31N7O5S2. The second kappa shape index (κ2) is 12.2. The summed E-state index contributed by atoms with van der Waals surface area (Å²) in [6, 6.07) is 1.87. The largest absolute Gasteiger partial charge is 0.480 e. The summed E-state index contributed by atoms with van der Waals surface area (Å²) in [5.41, 5.74) is 1.92. The first-order chi connectivity index (χ1) is 17.1. The molecule has 1 atom stereocenters. The number of carbonyl (C=O) groups excluding carboxylic acids is 1. The third kappa shape index (κ3) is 7.45. The summed E-state index contributed by atoms with van der Waals surface area (Å²) in [5, 5.41) is 27.0. The number of sulfonamides is 1. The molecule has 0 spiro atoms. The molecule has 0 bridgehead atoms. The van der Waals surface area contributed by atoms with Crippen molar-refractivity contribution >= 4 is 39.2 Å². The SMILES string of the molecule is Cc1cc(C)c(S(=O)(=O)NC(CNC(=O)c2nnc(CCCCNC3=NCCN3)s2)C(=O)O)c(C)c1. The van der Waals surface area contributed by atoms with Crippen LogP contribution in [0, 0.1) is 20.8 Å². The zero-order valence-corrected chi connectivity index (χ0v) is 22.1. The standard InChI is InChI=1S/C22H31N7O5S2/c1-13-10-14(2)18(15(3)11-13)36(33,34)29-16(21(31)32)12-26-19(30)20-28-27-17(35-20)6-4-5-7-23-22-24-8-9-25-22/h10-11,16,29H,4-9,12H2,1-3H3,(H,26,30)(H,31,32)(H2,23,24,25). The molecule has 1 amide bonds. The van der Waals surface area contributed by atoms with Gasteiger partial charge in [-0.3, -0.25) is 14.6 Å². The molecule has 1 aromatic heterocycles. The molecule has 0 radical (unpaired) electrons. The Morgan fingerprint density at radius 1 is 1.17 bits per heavy atom. The number of unbranched alkanes of at least 4 members (excludes halogenated alkanes) is 1. The first-order valence-electron chi connectivity index (χ1n) is 11.5. The third-order valence-electron chi connectivity index (χ3n) is 5.38. The van der Waals surface area contributed by atoms with Crippen molar-refractivity contribution < 1.29 is 23.1 Å².